The largest absolute Gasteiger partial charge is 0.359 e. The average Bonchev–Trinajstić information content (AvgIpc) is 3.21. The molecule has 0 bridgehead atoms. The summed E-state index contributed by atoms with van der Waals surface area (Å²) in [6.07, 6.45) is 1.24. The second-order valence-corrected chi connectivity index (χ2v) is 11.9. The van der Waals surface area contributed by atoms with Gasteiger partial charge in [-0.05, 0) is 50.1 Å². The summed E-state index contributed by atoms with van der Waals surface area (Å²) in [7, 11) is -3.60. The number of halogens is 1. The van der Waals surface area contributed by atoms with Gasteiger partial charge in [0.05, 0.1) is 23.2 Å². The van der Waals surface area contributed by atoms with Crippen molar-refractivity contribution in [3.8, 4) is 0 Å². The second kappa shape index (κ2) is 9.38. The monoisotopic (exact) mass is 496 g/mol. The lowest BCUT2D eigenvalue weighted by Crippen LogP contribution is -2.47. The van der Waals surface area contributed by atoms with Crippen LogP contribution in [0.4, 0.5) is 11.4 Å². The summed E-state index contributed by atoms with van der Waals surface area (Å²) >= 11 is 7.66. The molecular formula is C21H25ClN4O4S2. The van der Waals surface area contributed by atoms with Crippen molar-refractivity contribution in [2.45, 2.75) is 24.0 Å². The van der Waals surface area contributed by atoms with Gasteiger partial charge in [-0.1, -0.05) is 11.6 Å². The zero-order valence-corrected chi connectivity index (χ0v) is 20.0. The minimum atomic E-state index is -3.60. The summed E-state index contributed by atoms with van der Waals surface area (Å²) in [6, 6.07) is 8.60. The molecule has 32 heavy (non-hydrogen) atoms. The van der Waals surface area contributed by atoms with Crippen LogP contribution in [-0.2, 0) is 19.6 Å². The van der Waals surface area contributed by atoms with Gasteiger partial charge in [-0.2, -0.15) is 4.31 Å². The normalized spacial score (nSPS) is 20.1. The summed E-state index contributed by atoms with van der Waals surface area (Å²) in [5.74, 6) is -0.725. The van der Waals surface area contributed by atoms with Gasteiger partial charge in [0.1, 0.15) is 4.21 Å². The molecule has 2 aliphatic heterocycles. The number of hydrogen-bond acceptors (Lipinski definition) is 6. The Morgan fingerprint density at radius 3 is 2.75 bits per heavy atom. The first kappa shape index (κ1) is 23.0. The van der Waals surface area contributed by atoms with E-state index in [-0.39, 0.29) is 24.9 Å². The van der Waals surface area contributed by atoms with Gasteiger partial charge < -0.3 is 15.5 Å². The van der Waals surface area contributed by atoms with Gasteiger partial charge in [0.25, 0.3) is 10.0 Å². The van der Waals surface area contributed by atoms with Crippen LogP contribution in [0, 0.1) is 12.8 Å². The summed E-state index contributed by atoms with van der Waals surface area (Å²) in [4.78, 5) is 27.3. The average molecular weight is 497 g/mol. The van der Waals surface area contributed by atoms with Crippen molar-refractivity contribution in [2.24, 2.45) is 5.92 Å². The standard InChI is InChI=1S/C21H25ClN4O4S2/c1-14-4-7-20(31-14)32(29,30)26-9-2-3-15(12-26)21(28)24-16-5-6-18(17(22)11-16)25-10-8-23-19(27)13-25/h4-7,11,15H,2-3,8-10,12-13H2,1H3,(H,23,27)(H,24,28)/t15-/m1/s1. The highest BCUT2D eigenvalue weighted by atomic mass is 35.5. The number of benzene rings is 1. The number of piperazine rings is 1. The molecule has 2 saturated heterocycles. The van der Waals surface area contributed by atoms with Gasteiger partial charge in [-0.15, -0.1) is 11.3 Å². The molecule has 1 aromatic carbocycles. The molecule has 172 valence electrons. The number of amides is 2. The van der Waals surface area contributed by atoms with Crippen LogP contribution in [0.2, 0.25) is 5.02 Å². The number of hydrogen-bond donors (Lipinski definition) is 2. The van der Waals surface area contributed by atoms with Gasteiger partial charge in [-0.25, -0.2) is 8.42 Å². The third-order valence-electron chi connectivity index (χ3n) is 5.66. The van der Waals surface area contributed by atoms with Crippen molar-refractivity contribution in [1.82, 2.24) is 9.62 Å². The molecule has 1 atom stereocenters. The Kier molecular flexibility index (Phi) is 6.75. The summed E-state index contributed by atoms with van der Waals surface area (Å²) in [5.41, 5.74) is 1.28. The molecule has 0 radical (unpaired) electrons. The Balaban J connectivity index is 1.42. The van der Waals surface area contributed by atoms with Crippen LogP contribution in [0.5, 0.6) is 0 Å². The fourth-order valence-electron chi connectivity index (χ4n) is 3.98. The molecule has 2 aromatic rings. The highest BCUT2D eigenvalue weighted by Gasteiger charge is 2.34. The van der Waals surface area contributed by atoms with Gasteiger partial charge in [0, 0.05) is 36.7 Å². The Labute approximate surface area is 196 Å². The van der Waals surface area contributed by atoms with Crippen LogP contribution >= 0.6 is 22.9 Å². The first-order valence-corrected chi connectivity index (χ1v) is 13.1. The number of aryl methyl sites for hydroxylation is 1. The van der Waals surface area contributed by atoms with E-state index in [4.69, 9.17) is 11.6 Å². The SMILES string of the molecule is Cc1ccc(S(=O)(=O)N2CCC[C@@H](C(=O)Nc3ccc(N4CCNC(=O)C4)c(Cl)c3)C2)s1. The van der Waals surface area contributed by atoms with E-state index in [9.17, 15) is 18.0 Å². The van der Waals surface area contributed by atoms with Crippen LogP contribution in [0.15, 0.2) is 34.5 Å². The van der Waals surface area contributed by atoms with Crippen molar-refractivity contribution < 1.29 is 18.0 Å². The van der Waals surface area contributed by atoms with E-state index in [1.165, 1.54) is 15.6 Å². The Bertz CT molecular complexity index is 1130. The summed E-state index contributed by atoms with van der Waals surface area (Å²) in [5, 5.41) is 6.08. The smallest absolute Gasteiger partial charge is 0.252 e. The van der Waals surface area contributed by atoms with Crippen molar-refractivity contribution >= 4 is 56.2 Å². The molecule has 2 fully saturated rings. The molecule has 1 aromatic heterocycles. The van der Waals surface area contributed by atoms with Crippen molar-refractivity contribution in [3.63, 3.8) is 0 Å². The minimum absolute atomic E-state index is 0.0563. The lowest BCUT2D eigenvalue weighted by molar-refractivity contribution is -0.121. The van der Waals surface area contributed by atoms with Crippen LogP contribution in [0.1, 0.15) is 17.7 Å². The predicted molar refractivity (Wildman–Crippen MR) is 126 cm³/mol. The van der Waals surface area contributed by atoms with Crippen LogP contribution < -0.4 is 15.5 Å². The maximum atomic E-state index is 12.9. The number of carbonyl (C=O) groups excluding carboxylic acids is 2. The number of thiophene rings is 1. The number of nitrogens with one attached hydrogen (secondary N) is 2. The molecule has 0 aliphatic carbocycles. The molecule has 8 nitrogen and oxygen atoms in total. The van der Waals surface area contributed by atoms with Crippen LogP contribution in [0.3, 0.4) is 0 Å². The van der Waals surface area contributed by atoms with E-state index in [1.807, 2.05) is 11.8 Å². The minimum Gasteiger partial charge on any atom is -0.359 e. The van der Waals surface area contributed by atoms with E-state index >= 15 is 0 Å². The lowest BCUT2D eigenvalue weighted by atomic mass is 9.98. The molecule has 2 N–H and O–H groups in total. The summed E-state index contributed by atoms with van der Waals surface area (Å²) < 4.78 is 27.6. The molecule has 4 rings (SSSR count). The maximum absolute atomic E-state index is 12.9. The molecule has 2 aliphatic rings. The van der Waals surface area contributed by atoms with E-state index in [1.54, 1.807) is 30.3 Å². The van der Waals surface area contributed by atoms with Crippen molar-refractivity contribution in [2.75, 3.05) is 42.9 Å². The van der Waals surface area contributed by atoms with Gasteiger partial charge >= 0.3 is 0 Å². The van der Waals surface area contributed by atoms with E-state index in [0.29, 0.717) is 47.4 Å². The lowest BCUT2D eigenvalue weighted by Gasteiger charge is -2.31. The second-order valence-electron chi connectivity index (χ2n) is 7.99. The molecule has 0 saturated carbocycles. The number of anilines is 2. The summed E-state index contributed by atoms with van der Waals surface area (Å²) in [6.45, 7) is 3.88. The van der Waals surface area contributed by atoms with Gasteiger partial charge in [0.2, 0.25) is 11.8 Å². The van der Waals surface area contributed by atoms with E-state index in [2.05, 4.69) is 10.6 Å². The topological polar surface area (TPSA) is 98.8 Å². The molecule has 2 amide bonds. The Morgan fingerprint density at radius 2 is 2.06 bits per heavy atom. The van der Waals surface area contributed by atoms with Gasteiger partial charge in [-0.3, -0.25) is 9.59 Å². The number of sulfonamides is 1. The quantitative estimate of drug-likeness (QED) is 0.663. The van der Waals surface area contributed by atoms with E-state index < -0.39 is 15.9 Å². The third-order valence-corrected chi connectivity index (χ3v) is 9.29. The van der Waals surface area contributed by atoms with Crippen LogP contribution in [0.25, 0.3) is 0 Å². The number of piperidine rings is 1. The van der Waals surface area contributed by atoms with E-state index in [0.717, 1.165) is 10.6 Å². The van der Waals surface area contributed by atoms with Gasteiger partial charge in [0.15, 0.2) is 0 Å². The number of nitrogens with zero attached hydrogens (tertiary/aromatic N) is 2. The van der Waals surface area contributed by atoms with Crippen LogP contribution in [-0.4, -0.2) is 57.3 Å². The molecule has 0 spiro atoms. The first-order chi connectivity index (χ1) is 15.2. The van der Waals surface area contributed by atoms with Crippen molar-refractivity contribution in [1.29, 1.82) is 0 Å². The number of rotatable bonds is 5. The fraction of sp³-hybridized carbons (Fsp3) is 0.429. The first-order valence-electron chi connectivity index (χ1n) is 10.4. The third kappa shape index (κ3) is 4.93. The zero-order chi connectivity index (χ0) is 22.9. The Hall–Kier alpha value is -2.14. The molecule has 0 unspecified atom stereocenters. The van der Waals surface area contributed by atoms with Crippen molar-refractivity contribution in [3.05, 3.63) is 40.2 Å². The number of carbonyl (C=O) groups is 2. The highest BCUT2D eigenvalue weighted by Crippen LogP contribution is 2.31. The molecule has 3 heterocycles. The Morgan fingerprint density at radius 1 is 1.25 bits per heavy atom. The maximum Gasteiger partial charge on any atom is 0.252 e. The highest BCUT2D eigenvalue weighted by molar-refractivity contribution is 7.91. The molecule has 11 heteroatoms. The molecular weight excluding hydrogens is 472 g/mol. The zero-order valence-electron chi connectivity index (χ0n) is 17.6. The fourth-order valence-corrected chi connectivity index (χ4v) is 7.24. The predicted octanol–water partition coefficient (Wildman–Crippen LogP) is 2.69.